The molecule has 1 N–H and O–H groups in total. The Kier molecular flexibility index (Phi) is 4.94. The molecule has 3 nitrogen and oxygen atoms in total. The van der Waals surface area contributed by atoms with Crippen LogP contribution in [0.3, 0.4) is 0 Å². The van der Waals surface area contributed by atoms with Crippen LogP contribution in [0.4, 0.5) is 0 Å². The first-order valence-corrected chi connectivity index (χ1v) is 6.70. The quantitative estimate of drug-likeness (QED) is 0.679. The Morgan fingerprint density at radius 3 is 2.60 bits per heavy atom. The summed E-state index contributed by atoms with van der Waals surface area (Å²) in [5.74, 6) is 5.71. The third-order valence-corrected chi connectivity index (χ3v) is 3.03. The molecule has 20 heavy (non-hydrogen) atoms. The van der Waals surface area contributed by atoms with Crippen molar-refractivity contribution in [3.05, 3.63) is 69.7 Å². The van der Waals surface area contributed by atoms with Crippen molar-refractivity contribution >= 4 is 21.8 Å². The van der Waals surface area contributed by atoms with Gasteiger partial charge in [-0.3, -0.25) is 9.63 Å². The molecule has 0 aliphatic rings. The van der Waals surface area contributed by atoms with Gasteiger partial charge >= 0.3 is 0 Å². The second-order valence-corrected chi connectivity index (χ2v) is 4.86. The third-order valence-electron chi connectivity index (χ3n) is 2.54. The van der Waals surface area contributed by atoms with Crippen LogP contribution in [-0.4, -0.2) is 13.0 Å². The Balaban J connectivity index is 2.37. The summed E-state index contributed by atoms with van der Waals surface area (Å²) in [6.07, 6.45) is 0. The highest BCUT2D eigenvalue weighted by Gasteiger charge is 2.10. The Morgan fingerprint density at radius 2 is 1.90 bits per heavy atom. The number of hydroxylamine groups is 1. The fraction of sp³-hybridized carbons (Fsp3) is 0.0625. The highest BCUT2D eigenvalue weighted by Crippen LogP contribution is 2.16. The SMILES string of the molecule is CONC(=O)c1cc(Br)ccc1C#Cc1ccccc1. The first-order chi connectivity index (χ1) is 9.70. The molecule has 1 amide bonds. The summed E-state index contributed by atoms with van der Waals surface area (Å²) in [7, 11) is 1.39. The average molecular weight is 330 g/mol. The number of hydrogen-bond acceptors (Lipinski definition) is 2. The Morgan fingerprint density at radius 1 is 1.15 bits per heavy atom. The van der Waals surface area contributed by atoms with E-state index in [1.165, 1.54) is 7.11 Å². The van der Waals surface area contributed by atoms with Gasteiger partial charge in [0.15, 0.2) is 0 Å². The standard InChI is InChI=1S/C16H12BrNO2/c1-20-18-16(19)15-11-14(17)10-9-13(15)8-7-12-5-3-2-4-6-12/h2-6,9-11H,1H3,(H,18,19). The van der Waals surface area contributed by atoms with Gasteiger partial charge in [-0.2, -0.15) is 0 Å². The molecule has 0 fully saturated rings. The van der Waals surface area contributed by atoms with Gasteiger partial charge in [-0.25, -0.2) is 5.48 Å². The molecular formula is C16H12BrNO2. The molecule has 0 aliphatic carbocycles. The molecule has 0 radical (unpaired) electrons. The van der Waals surface area contributed by atoms with E-state index in [0.717, 1.165) is 10.0 Å². The van der Waals surface area contributed by atoms with Gasteiger partial charge in [0.05, 0.1) is 12.7 Å². The van der Waals surface area contributed by atoms with Crippen LogP contribution in [0.2, 0.25) is 0 Å². The van der Waals surface area contributed by atoms with Crippen LogP contribution in [0.25, 0.3) is 0 Å². The zero-order chi connectivity index (χ0) is 14.4. The Labute approximate surface area is 126 Å². The number of amides is 1. The molecule has 100 valence electrons. The lowest BCUT2D eigenvalue weighted by atomic mass is 10.1. The minimum atomic E-state index is -0.328. The van der Waals surface area contributed by atoms with Crippen molar-refractivity contribution in [3.8, 4) is 11.8 Å². The van der Waals surface area contributed by atoms with E-state index < -0.39 is 0 Å². The molecular weight excluding hydrogens is 318 g/mol. The number of halogens is 1. The van der Waals surface area contributed by atoms with Crippen LogP contribution in [0.5, 0.6) is 0 Å². The number of nitrogens with one attached hydrogen (secondary N) is 1. The van der Waals surface area contributed by atoms with Crippen molar-refractivity contribution < 1.29 is 9.63 Å². The first kappa shape index (κ1) is 14.3. The summed E-state index contributed by atoms with van der Waals surface area (Å²) in [4.78, 5) is 16.6. The number of carbonyl (C=O) groups excluding carboxylic acids is 1. The van der Waals surface area contributed by atoms with Gasteiger partial charge in [0.1, 0.15) is 0 Å². The van der Waals surface area contributed by atoms with Crippen LogP contribution in [0.15, 0.2) is 53.0 Å². The monoisotopic (exact) mass is 329 g/mol. The summed E-state index contributed by atoms with van der Waals surface area (Å²) < 4.78 is 0.809. The van der Waals surface area contributed by atoms with Gasteiger partial charge in [-0.15, -0.1) is 0 Å². The van der Waals surface area contributed by atoms with Gasteiger partial charge in [-0.1, -0.05) is 46.0 Å². The summed E-state index contributed by atoms with van der Waals surface area (Å²) in [6.45, 7) is 0. The van der Waals surface area contributed by atoms with E-state index in [9.17, 15) is 4.79 Å². The lowest BCUT2D eigenvalue weighted by molar-refractivity contribution is 0.0537. The summed E-state index contributed by atoms with van der Waals surface area (Å²) in [6, 6.07) is 15.0. The van der Waals surface area contributed by atoms with Crippen molar-refractivity contribution in [2.75, 3.05) is 7.11 Å². The topological polar surface area (TPSA) is 38.3 Å². The van der Waals surface area contributed by atoms with Crippen molar-refractivity contribution in [3.63, 3.8) is 0 Å². The van der Waals surface area contributed by atoms with E-state index in [1.807, 2.05) is 36.4 Å². The maximum Gasteiger partial charge on any atom is 0.276 e. The molecule has 2 aromatic rings. The largest absolute Gasteiger partial charge is 0.277 e. The van der Waals surface area contributed by atoms with E-state index in [-0.39, 0.29) is 5.91 Å². The maximum absolute atomic E-state index is 11.9. The molecule has 0 atom stereocenters. The third kappa shape index (κ3) is 3.70. The van der Waals surface area contributed by atoms with Crippen molar-refractivity contribution in [2.45, 2.75) is 0 Å². The molecule has 4 heteroatoms. The van der Waals surface area contributed by atoms with E-state index in [2.05, 4.69) is 38.1 Å². The molecule has 0 heterocycles. The lowest BCUT2D eigenvalue weighted by Crippen LogP contribution is -2.22. The number of hydrogen-bond donors (Lipinski definition) is 1. The van der Waals surface area contributed by atoms with Crippen LogP contribution in [0, 0.1) is 11.8 Å². The first-order valence-electron chi connectivity index (χ1n) is 5.90. The molecule has 0 aliphatic heterocycles. The fourth-order valence-electron chi connectivity index (χ4n) is 1.62. The molecule has 2 rings (SSSR count). The number of rotatable bonds is 2. The van der Waals surface area contributed by atoms with Crippen molar-refractivity contribution in [1.82, 2.24) is 5.48 Å². The smallest absolute Gasteiger partial charge is 0.276 e. The van der Waals surface area contributed by atoms with Crippen LogP contribution >= 0.6 is 15.9 Å². The van der Waals surface area contributed by atoms with Gasteiger partial charge in [0.25, 0.3) is 5.91 Å². The molecule has 0 spiro atoms. The molecule has 0 aromatic heterocycles. The lowest BCUT2D eigenvalue weighted by Gasteiger charge is -2.05. The van der Waals surface area contributed by atoms with Crippen LogP contribution in [0.1, 0.15) is 21.5 Å². The van der Waals surface area contributed by atoms with Crippen LogP contribution in [-0.2, 0) is 4.84 Å². The number of carbonyl (C=O) groups is 1. The highest BCUT2D eigenvalue weighted by molar-refractivity contribution is 9.10. The fourth-order valence-corrected chi connectivity index (χ4v) is 1.98. The molecule has 0 unspecified atom stereocenters. The van der Waals surface area contributed by atoms with Crippen molar-refractivity contribution in [2.24, 2.45) is 0 Å². The number of benzene rings is 2. The molecule has 0 saturated heterocycles. The van der Waals surface area contributed by atoms with Crippen molar-refractivity contribution in [1.29, 1.82) is 0 Å². The van der Waals surface area contributed by atoms with E-state index in [0.29, 0.717) is 11.1 Å². The van der Waals surface area contributed by atoms with Gasteiger partial charge in [-0.05, 0) is 30.3 Å². The summed E-state index contributed by atoms with van der Waals surface area (Å²) in [5.41, 5.74) is 4.30. The molecule has 0 saturated carbocycles. The Bertz CT molecular complexity index is 672. The second kappa shape index (κ2) is 6.90. The zero-order valence-corrected chi connectivity index (χ0v) is 12.4. The summed E-state index contributed by atoms with van der Waals surface area (Å²) in [5, 5.41) is 0. The summed E-state index contributed by atoms with van der Waals surface area (Å²) >= 11 is 3.34. The average Bonchev–Trinajstić information content (AvgIpc) is 2.47. The van der Waals surface area contributed by atoms with Gasteiger partial charge in [0.2, 0.25) is 0 Å². The van der Waals surface area contributed by atoms with Gasteiger partial charge in [0, 0.05) is 15.6 Å². The normalized spacial score (nSPS) is 9.50. The predicted octanol–water partition coefficient (Wildman–Crippen LogP) is 3.14. The minimum absolute atomic E-state index is 0.328. The van der Waals surface area contributed by atoms with Crippen LogP contribution < -0.4 is 5.48 Å². The minimum Gasteiger partial charge on any atom is -0.277 e. The van der Waals surface area contributed by atoms with E-state index in [4.69, 9.17) is 0 Å². The van der Waals surface area contributed by atoms with Gasteiger partial charge < -0.3 is 0 Å². The predicted molar refractivity (Wildman–Crippen MR) is 81.0 cm³/mol. The Hall–Kier alpha value is -2.09. The second-order valence-electron chi connectivity index (χ2n) is 3.94. The maximum atomic E-state index is 11.9. The molecule has 2 aromatic carbocycles. The molecule has 0 bridgehead atoms. The van der Waals surface area contributed by atoms with E-state index in [1.54, 1.807) is 12.1 Å². The highest BCUT2D eigenvalue weighted by atomic mass is 79.9. The van der Waals surface area contributed by atoms with E-state index >= 15 is 0 Å². The zero-order valence-electron chi connectivity index (χ0n) is 10.8.